The van der Waals surface area contributed by atoms with Crippen LogP contribution in [0.3, 0.4) is 0 Å². The topological polar surface area (TPSA) is 89.9 Å². The molecule has 35 heavy (non-hydrogen) atoms. The molecule has 1 N–H and O–H groups in total. The first kappa shape index (κ1) is 19.9. The lowest BCUT2D eigenvalue weighted by Crippen LogP contribution is -2.29. The molecule has 0 spiro atoms. The molecule has 4 aromatic carbocycles. The van der Waals surface area contributed by atoms with E-state index < -0.39 is 29.6 Å². The standard InChI is InChI=1S/C29H16O6/c30-25-19-11-9-15(13-21(19)27(32)34-25)29(16-10-12-20-22(14-16)28(33)35-26(20)31)23-7-3-1-5-17(23)18-6-2-4-8-24(18)29/h1-14,25,30H. The molecule has 7 rings (SSSR count). The van der Waals surface area contributed by atoms with E-state index in [4.69, 9.17) is 9.47 Å². The summed E-state index contributed by atoms with van der Waals surface area (Å²) in [5.74, 6) is -1.93. The van der Waals surface area contributed by atoms with E-state index in [9.17, 15) is 19.5 Å². The number of aliphatic hydroxyl groups is 1. The van der Waals surface area contributed by atoms with Gasteiger partial charge in [-0.2, -0.15) is 0 Å². The SMILES string of the molecule is O=C1OC(=O)c2cc(C3(c4ccc5c(c4)C(=O)OC5O)c4ccccc4-c4ccccc43)ccc21. The Bertz CT molecular complexity index is 1590. The average molecular weight is 460 g/mol. The molecule has 2 aliphatic heterocycles. The van der Waals surface area contributed by atoms with E-state index in [1.807, 2.05) is 60.7 Å². The fourth-order valence-electron chi connectivity index (χ4n) is 5.75. The number of esters is 3. The third kappa shape index (κ3) is 2.44. The molecule has 1 aliphatic carbocycles. The smallest absolute Gasteiger partial charge is 0.346 e. The van der Waals surface area contributed by atoms with E-state index in [1.165, 1.54) is 0 Å². The second-order valence-corrected chi connectivity index (χ2v) is 8.84. The fourth-order valence-corrected chi connectivity index (χ4v) is 5.75. The van der Waals surface area contributed by atoms with Crippen LogP contribution < -0.4 is 0 Å². The molecule has 4 aromatic rings. The number of fused-ring (bicyclic) bond motifs is 5. The second kappa shape index (κ2) is 6.74. The molecule has 1 unspecified atom stereocenters. The molecule has 0 fully saturated rings. The number of ether oxygens (including phenoxy) is 2. The highest BCUT2D eigenvalue weighted by Crippen LogP contribution is 2.56. The molecular weight excluding hydrogens is 444 g/mol. The van der Waals surface area contributed by atoms with Crippen LogP contribution in [0.2, 0.25) is 0 Å². The van der Waals surface area contributed by atoms with Crippen molar-refractivity contribution in [3.05, 3.63) is 129 Å². The van der Waals surface area contributed by atoms with Crippen molar-refractivity contribution in [3.8, 4) is 11.1 Å². The van der Waals surface area contributed by atoms with Crippen LogP contribution in [-0.2, 0) is 14.9 Å². The first-order valence-electron chi connectivity index (χ1n) is 11.1. The summed E-state index contributed by atoms with van der Waals surface area (Å²) in [7, 11) is 0. The van der Waals surface area contributed by atoms with Crippen LogP contribution in [0.15, 0.2) is 84.9 Å². The van der Waals surface area contributed by atoms with Crippen molar-refractivity contribution in [3.63, 3.8) is 0 Å². The van der Waals surface area contributed by atoms with Gasteiger partial charge < -0.3 is 14.6 Å². The lowest BCUT2D eigenvalue weighted by atomic mass is 9.67. The monoisotopic (exact) mass is 460 g/mol. The van der Waals surface area contributed by atoms with Gasteiger partial charge in [0.2, 0.25) is 6.29 Å². The van der Waals surface area contributed by atoms with Gasteiger partial charge in [-0.3, -0.25) is 0 Å². The van der Waals surface area contributed by atoms with E-state index in [0.717, 1.165) is 33.4 Å². The number of hydrogen-bond acceptors (Lipinski definition) is 6. The highest BCUT2D eigenvalue weighted by atomic mass is 16.6. The molecule has 0 amide bonds. The Labute approximate surface area is 199 Å². The predicted molar refractivity (Wildman–Crippen MR) is 124 cm³/mol. The minimum atomic E-state index is -1.30. The predicted octanol–water partition coefficient (Wildman–Crippen LogP) is 4.52. The van der Waals surface area contributed by atoms with E-state index >= 15 is 0 Å². The Morgan fingerprint density at radius 1 is 0.600 bits per heavy atom. The van der Waals surface area contributed by atoms with Crippen LogP contribution in [0.25, 0.3) is 11.1 Å². The molecule has 3 aliphatic rings. The van der Waals surface area contributed by atoms with E-state index in [1.54, 1.807) is 24.3 Å². The summed E-state index contributed by atoms with van der Waals surface area (Å²) in [4.78, 5) is 37.1. The molecule has 2 heterocycles. The minimum absolute atomic E-state index is 0.213. The van der Waals surface area contributed by atoms with Gasteiger partial charge in [0.1, 0.15) is 0 Å². The zero-order valence-electron chi connectivity index (χ0n) is 18.1. The maximum Gasteiger partial charge on any atom is 0.346 e. The van der Waals surface area contributed by atoms with E-state index in [0.29, 0.717) is 11.1 Å². The summed E-state index contributed by atoms with van der Waals surface area (Å²) in [6, 6.07) is 26.5. The number of aliphatic hydroxyl groups excluding tert-OH is 1. The lowest BCUT2D eigenvalue weighted by molar-refractivity contribution is -0.0548. The lowest BCUT2D eigenvalue weighted by Gasteiger charge is -2.34. The van der Waals surface area contributed by atoms with E-state index in [2.05, 4.69) is 0 Å². The normalized spacial score (nSPS) is 18.4. The first-order chi connectivity index (χ1) is 17.0. The molecule has 0 bridgehead atoms. The summed E-state index contributed by atoms with van der Waals surface area (Å²) in [6.45, 7) is 0. The van der Waals surface area contributed by atoms with Gasteiger partial charge in [0, 0.05) is 5.56 Å². The minimum Gasteiger partial charge on any atom is -0.428 e. The summed E-state index contributed by atoms with van der Waals surface area (Å²) < 4.78 is 9.88. The van der Waals surface area contributed by atoms with Gasteiger partial charge in [0.05, 0.1) is 22.1 Å². The summed E-state index contributed by atoms with van der Waals surface area (Å²) >= 11 is 0. The Balaban J connectivity index is 1.61. The van der Waals surface area contributed by atoms with Gasteiger partial charge in [-0.1, -0.05) is 66.7 Å². The van der Waals surface area contributed by atoms with Crippen molar-refractivity contribution in [1.29, 1.82) is 0 Å². The molecule has 0 radical (unpaired) electrons. The van der Waals surface area contributed by atoms with Crippen molar-refractivity contribution in [1.82, 2.24) is 0 Å². The number of carbonyl (C=O) groups excluding carboxylic acids is 3. The molecule has 0 saturated carbocycles. The quantitative estimate of drug-likeness (QED) is 0.308. The molecule has 6 nitrogen and oxygen atoms in total. The van der Waals surface area contributed by atoms with Crippen LogP contribution in [0.4, 0.5) is 0 Å². The Hall–Kier alpha value is -4.55. The number of cyclic esters (lactones) is 3. The molecular formula is C29H16O6. The van der Waals surface area contributed by atoms with Crippen LogP contribution in [-0.4, -0.2) is 23.0 Å². The van der Waals surface area contributed by atoms with Crippen molar-refractivity contribution in [2.24, 2.45) is 0 Å². The number of hydrogen-bond donors (Lipinski definition) is 1. The van der Waals surface area contributed by atoms with Gasteiger partial charge in [0.15, 0.2) is 0 Å². The average Bonchev–Trinajstić information content (AvgIpc) is 3.46. The van der Waals surface area contributed by atoms with Crippen molar-refractivity contribution in [2.45, 2.75) is 11.7 Å². The Morgan fingerprint density at radius 2 is 1.17 bits per heavy atom. The molecule has 168 valence electrons. The van der Waals surface area contributed by atoms with Crippen molar-refractivity contribution in [2.75, 3.05) is 0 Å². The van der Waals surface area contributed by atoms with Gasteiger partial charge in [-0.25, -0.2) is 14.4 Å². The fraction of sp³-hybridized carbons (Fsp3) is 0.0690. The number of benzene rings is 4. The summed E-state index contributed by atoms with van der Waals surface area (Å²) in [5, 5.41) is 10.1. The van der Waals surface area contributed by atoms with Gasteiger partial charge in [0.25, 0.3) is 0 Å². The van der Waals surface area contributed by atoms with Gasteiger partial charge in [-0.15, -0.1) is 0 Å². The Morgan fingerprint density at radius 3 is 1.86 bits per heavy atom. The van der Waals surface area contributed by atoms with Crippen molar-refractivity contribution < 1.29 is 29.0 Å². The third-order valence-corrected chi connectivity index (χ3v) is 7.22. The zero-order valence-corrected chi connectivity index (χ0v) is 18.1. The Kier molecular flexibility index (Phi) is 3.83. The largest absolute Gasteiger partial charge is 0.428 e. The first-order valence-corrected chi connectivity index (χ1v) is 11.1. The number of carbonyl (C=O) groups is 3. The van der Waals surface area contributed by atoms with Gasteiger partial charge >= 0.3 is 17.9 Å². The molecule has 0 aromatic heterocycles. The maximum absolute atomic E-state index is 12.5. The zero-order chi connectivity index (χ0) is 23.9. The summed E-state index contributed by atoms with van der Waals surface area (Å²) in [6.07, 6.45) is -1.30. The number of rotatable bonds is 2. The molecule has 0 saturated heterocycles. The highest BCUT2D eigenvalue weighted by Gasteiger charge is 2.48. The van der Waals surface area contributed by atoms with Crippen LogP contribution in [0, 0.1) is 0 Å². The van der Waals surface area contributed by atoms with Crippen LogP contribution >= 0.6 is 0 Å². The molecule has 6 heteroatoms. The summed E-state index contributed by atoms with van der Waals surface area (Å²) in [5.41, 5.74) is 5.82. The van der Waals surface area contributed by atoms with E-state index in [-0.39, 0.29) is 11.1 Å². The highest BCUT2D eigenvalue weighted by molar-refractivity contribution is 6.15. The molecule has 1 atom stereocenters. The maximum atomic E-state index is 12.5. The van der Waals surface area contributed by atoms with Crippen LogP contribution in [0.5, 0.6) is 0 Å². The van der Waals surface area contributed by atoms with Gasteiger partial charge in [-0.05, 0) is 51.6 Å². The van der Waals surface area contributed by atoms with Crippen molar-refractivity contribution >= 4 is 17.9 Å². The third-order valence-electron chi connectivity index (χ3n) is 7.22. The van der Waals surface area contributed by atoms with Crippen LogP contribution in [0.1, 0.15) is 65.2 Å². The second-order valence-electron chi connectivity index (χ2n) is 8.84.